The van der Waals surface area contributed by atoms with Gasteiger partial charge in [-0.1, -0.05) is 25.3 Å². The molecule has 1 fully saturated rings. The number of carbonyl (C=O) groups excluding carboxylic acids is 1. The monoisotopic (exact) mass is 216 g/mol. The van der Waals surface area contributed by atoms with E-state index in [1.807, 2.05) is 6.92 Å². The van der Waals surface area contributed by atoms with Crippen LogP contribution in [0.5, 0.6) is 0 Å². The van der Waals surface area contributed by atoms with Gasteiger partial charge in [-0.25, -0.2) is 0 Å². The maximum atomic E-state index is 12.1. The van der Waals surface area contributed by atoms with Gasteiger partial charge in [0.15, 0.2) is 5.78 Å². The molecule has 0 unspecified atom stereocenters. The number of hydrogen-bond acceptors (Lipinski definition) is 1. The summed E-state index contributed by atoms with van der Waals surface area (Å²) in [6.45, 7) is 6.22. The summed E-state index contributed by atoms with van der Waals surface area (Å²) in [4.78, 5) is 12.1. The lowest BCUT2D eigenvalue weighted by atomic mass is 9.80. The quantitative estimate of drug-likeness (QED) is 0.698. The second-order valence-electron chi connectivity index (χ2n) is 5.18. The summed E-state index contributed by atoms with van der Waals surface area (Å²) in [6, 6.07) is 4.19. The van der Waals surface area contributed by atoms with Crippen LogP contribution in [0.3, 0.4) is 0 Å². The van der Waals surface area contributed by atoms with Crippen molar-refractivity contribution in [1.29, 1.82) is 0 Å². The van der Waals surface area contributed by atoms with Crippen LogP contribution in [0.4, 0.5) is 0 Å². The average Bonchev–Trinajstić information content (AvgIpc) is 2.17. The van der Waals surface area contributed by atoms with Gasteiger partial charge in [-0.05, 0) is 49.4 Å². The lowest BCUT2D eigenvalue weighted by Gasteiger charge is -2.24. The number of hydrogen-bond donors (Lipinski definition) is 0. The van der Waals surface area contributed by atoms with Crippen molar-refractivity contribution >= 4 is 5.78 Å². The highest BCUT2D eigenvalue weighted by atomic mass is 16.1. The summed E-state index contributed by atoms with van der Waals surface area (Å²) in [5.41, 5.74) is 4.57. The fourth-order valence-electron chi connectivity index (χ4n) is 2.33. The fraction of sp³-hybridized carbons (Fsp3) is 0.533. The highest BCUT2D eigenvalue weighted by Crippen LogP contribution is 2.31. The summed E-state index contributed by atoms with van der Waals surface area (Å²) in [7, 11) is 0. The molecule has 86 valence electrons. The molecule has 0 bridgehead atoms. The standard InChI is InChI=1S/C15H20O/c1-10-7-12(3)14(8-11(10)2)15(16)9-13-5-4-6-13/h7-8,13H,4-6,9H2,1-3H3. The number of rotatable bonds is 3. The molecule has 0 saturated heterocycles. The Morgan fingerprint density at radius 3 is 2.31 bits per heavy atom. The number of benzene rings is 1. The first-order valence-electron chi connectivity index (χ1n) is 6.19. The molecule has 0 spiro atoms. The van der Waals surface area contributed by atoms with E-state index in [2.05, 4.69) is 26.0 Å². The minimum atomic E-state index is 0.338. The Balaban J connectivity index is 2.18. The van der Waals surface area contributed by atoms with Gasteiger partial charge in [0.25, 0.3) is 0 Å². The third-order valence-corrected chi connectivity index (χ3v) is 3.84. The summed E-state index contributed by atoms with van der Waals surface area (Å²) in [5, 5.41) is 0. The molecule has 1 heteroatoms. The second kappa shape index (κ2) is 4.40. The van der Waals surface area contributed by atoms with Crippen LogP contribution in [0, 0.1) is 26.7 Å². The Hall–Kier alpha value is -1.11. The van der Waals surface area contributed by atoms with E-state index in [9.17, 15) is 4.79 Å². The predicted octanol–water partition coefficient (Wildman–Crippen LogP) is 3.98. The Morgan fingerprint density at radius 1 is 1.12 bits per heavy atom. The van der Waals surface area contributed by atoms with Gasteiger partial charge < -0.3 is 0 Å². The maximum Gasteiger partial charge on any atom is 0.163 e. The molecule has 1 aliphatic carbocycles. The highest BCUT2D eigenvalue weighted by molar-refractivity contribution is 5.97. The number of aryl methyl sites for hydroxylation is 3. The van der Waals surface area contributed by atoms with Gasteiger partial charge in [0, 0.05) is 12.0 Å². The van der Waals surface area contributed by atoms with Crippen molar-refractivity contribution in [3.8, 4) is 0 Å². The van der Waals surface area contributed by atoms with Gasteiger partial charge in [-0.15, -0.1) is 0 Å². The topological polar surface area (TPSA) is 17.1 Å². The number of Topliss-reactive ketones (excluding diaryl/α,β-unsaturated/α-hetero) is 1. The van der Waals surface area contributed by atoms with Gasteiger partial charge in [0.05, 0.1) is 0 Å². The van der Waals surface area contributed by atoms with Crippen LogP contribution >= 0.6 is 0 Å². The first-order chi connectivity index (χ1) is 7.58. The first-order valence-corrected chi connectivity index (χ1v) is 6.19. The molecule has 2 rings (SSSR count). The number of ketones is 1. The third kappa shape index (κ3) is 2.18. The van der Waals surface area contributed by atoms with Crippen LogP contribution in [0.1, 0.15) is 52.7 Å². The molecule has 1 nitrogen and oxygen atoms in total. The molecule has 0 atom stereocenters. The molecule has 0 amide bonds. The molecule has 1 aromatic carbocycles. The lowest BCUT2D eigenvalue weighted by Crippen LogP contribution is -2.16. The fourth-order valence-corrected chi connectivity index (χ4v) is 2.33. The minimum Gasteiger partial charge on any atom is -0.294 e. The van der Waals surface area contributed by atoms with E-state index in [1.54, 1.807) is 0 Å². The zero-order chi connectivity index (χ0) is 11.7. The van der Waals surface area contributed by atoms with Gasteiger partial charge in [-0.3, -0.25) is 4.79 Å². The van der Waals surface area contributed by atoms with E-state index in [-0.39, 0.29) is 0 Å². The Labute approximate surface area is 97.9 Å². The van der Waals surface area contributed by atoms with E-state index in [0.717, 1.165) is 17.5 Å². The van der Waals surface area contributed by atoms with Gasteiger partial charge in [-0.2, -0.15) is 0 Å². The van der Waals surface area contributed by atoms with E-state index < -0.39 is 0 Å². The summed E-state index contributed by atoms with van der Waals surface area (Å²) < 4.78 is 0. The molecule has 0 N–H and O–H groups in total. The van der Waals surface area contributed by atoms with Crippen molar-refractivity contribution in [2.45, 2.75) is 46.5 Å². The molecule has 1 aliphatic rings. The van der Waals surface area contributed by atoms with E-state index in [4.69, 9.17) is 0 Å². The van der Waals surface area contributed by atoms with Crippen molar-refractivity contribution in [1.82, 2.24) is 0 Å². The molecule has 1 aromatic rings. The molecular formula is C15H20O. The van der Waals surface area contributed by atoms with Crippen molar-refractivity contribution < 1.29 is 4.79 Å². The lowest BCUT2D eigenvalue weighted by molar-refractivity contribution is 0.0936. The van der Waals surface area contributed by atoms with Gasteiger partial charge in [0.2, 0.25) is 0 Å². The molecular weight excluding hydrogens is 196 g/mol. The van der Waals surface area contributed by atoms with Crippen LogP contribution in [0.25, 0.3) is 0 Å². The SMILES string of the molecule is Cc1cc(C)c(C(=O)CC2CCC2)cc1C. The average molecular weight is 216 g/mol. The van der Waals surface area contributed by atoms with Crippen molar-refractivity contribution in [3.63, 3.8) is 0 Å². The normalized spacial score (nSPS) is 15.9. The molecule has 0 radical (unpaired) electrons. The second-order valence-corrected chi connectivity index (χ2v) is 5.18. The maximum absolute atomic E-state index is 12.1. The van der Waals surface area contributed by atoms with Crippen LogP contribution in [0.15, 0.2) is 12.1 Å². The molecule has 0 heterocycles. The zero-order valence-electron chi connectivity index (χ0n) is 10.5. The predicted molar refractivity (Wildman–Crippen MR) is 66.9 cm³/mol. The summed E-state index contributed by atoms with van der Waals surface area (Å²) in [6.07, 6.45) is 4.55. The van der Waals surface area contributed by atoms with Crippen LogP contribution in [0.2, 0.25) is 0 Å². The highest BCUT2D eigenvalue weighted by Gasteiger charge is 2.22. The summed E-state index contributed by atoms with van der Waals surface area (Å²) in [5.74, 6) is 0.999. The molecule has 0 aliphatic heterocycles. The smallest absolute Gasteiger partial charge is 0.163 e. The first kappa shape index (κ1) is 11.4. The molecule has 1 saturated carbocycles. The van der Waals surface area contributed by atoms with Gasteiger partial charge >= 0.3 is 0 Å². The largest absolute Gasteiger partial charge is 0.294 e. The van der Waals surface area contributed by atoms with E-state index in [0.29, 0.717) is 11.7 Å². The van der Waals surface area contributed by atoms with Crippen LogP contribution < -0.4 is 0 Å². The van der Waals surface area contributed by atoms with E-state index in [1.165, 1.54) is 30.4 Å². The molecule has 0 aromatic heterocycles. The Bertz CT molecular complexity index is 414. The number of carbonyl (C=O) groups is 1. The van der Waals surface area contributed by atoms with Crippen molar-refractivity contribution in [3.05, 3.63) is 34.4 Å². The van der Waals surface area contributed by atoms with Gasteiger partial charge in [0.1, 0.15) is 0 Å². The third-order valence-electron chi connectivity index (χ3n) is 3.84. The Morgan fingerprint density at radius 2 is 1.75 bits per heavy atom. The molecule has 16 heavy (non-hydrogen) atoms. The summed E-state index contributed by atoms with van der Waals surface area (Å²) >= 11 is 0. The van der Waals surface area contributed by atoms with Crippen molar-refractivity contribution in [2.24, 2.45) is 5.92 Å². The Kier molecular flexibility index (Phi) is 3.13. The van der Waals surface area contributed by atoms with Crippen LogP contribution in [-0.2, 0) is 0 Å². The minimum absolute atomic E-state index is 0.338. The van der Waals surface area contributed by atoms with Crippen molar-refractivity contribution in [2.75, 3.05) is 0 Å². The van der Waals surface area contributed by atoms with Crippen LogP contribution in [-0.4, -0.2) is 5.78 Å². The zero-order valence-corrected chi connectivity index (χ0v) is 10.5. The van der Waals surface area contributed by atoms with E-state index >= 15 is 0 Å².